The van der Waals surface area contributed by atoms with Crippen LogP contribution in [0.4, 0.5) is 0 Å². The second kappa shape index (κ2) is 11.2. The van der Waals surface area contributed by atoms with Crippen LogP contribution in [-0.4, -0.2) is 69.4 Å². The Kier molecular flexibility index (Phi) is 8.94. The van der Waals surface area contributed by atoms with E-state index in [1.54, 1.807) is 7.11 Å². The number of amides is 2. The maximum atomic E-state index is 13.0. The van der Waals surface area contributed by atoms with Gasteiger partial charge < -0.3 is 20.3 Å². The van der Waals surface area contributed by atoms with E-state index in [1.807, 2.05) is 36.2 Å². The van der Waals surface area contributed by atoms with Gasteiger partial charge in [-0.2, -0.15) is 0 Å². The summed E-state index contributed by atoms with van der Waals surface area (Å²) in [5.41, 5.74) is 0.687. The third kappa shape index (κ3) is 6.30. The van der Waals surface area contributed by atoms with Gasteiger partial charge in [-0.05, 0) is 44.5 Å². The third-order valence-electron chi connectivity index (χ3n) is 4.40. The van der Waals surface area contributed by atoms with Gasteiger partial charge in [-0.3, -0.25) is 9.59 Å². The zero-order valence-electron chi connectivity index (χ0n) is 15.6. The van der Waals surface area contributed by atoms with Crippen molar-refractivity contribution in [1.29, 1.82) is 0 Å². The lowest BCUT2D eigenvalue weighted by atomic mass is 9.97. The SMILES string of the molecule is CNCC1CCCN(C(=O)c2ccccc2SCC(=O)NCCOC)C1. The average Bonchev–Trinajstić information content (AvgIpc) is 2.67. The first-order chi connectivity index (χ1) is 12.7. The minimum atomic E-state index is -0.0543. The van der Waals surface area contributed by atoms with Crippen LogP contribution in [0, 0.1) is 5.92 Å². The lowest BCUT2D eigenvalue weighted by molar-refractivity contribution is -0.118. The molecule has 1 aromatic rings. The molecule has 1 saturated heterocycles. The fourth-order valence-electron chi connectivity index (χ4n) is 3.13. The lowest BCUT2D eigenvalue weighted by Crippen LogP contribution is -2.42. The molecule has 0 saturated carbocycles. The van der Waals surface area contributed by atoms with Gasteiger partial charge in [0.25, 0.3) is 5.91 Å². The summed E-state index contributed by atoms with van der Waals surface area (Å²) >= 11 is 1.40. The number of likely N-dealkylation sites (tertiary alicyclic amines) is 1. The molecule has 1 aliphatic rings. The summed E-state index contributed by atoms with van der Waals surface area (Å²) in [4.78, 5) is 27.7. The third-order valence-corrected chi connectivity index (χ3v) is 5.48. The predicted octanol–water partition coefficient (Wildman–Crippen LogP) is 1.61. The molecule has 7 heteroatoms. The van der Waals surface area contributed by atoms with Gasteiger partial charge in [0.05, 0.1) is 17.9 Å². The Morgan fingerprint density at radius 1 is 1.35 bits per heavy atom. The second-order valence-electron chi connectivity index (χ2n) is 6.44. The molecule has 0 aromatic heterocycles. The van der Waals surface area contributed by atoms with Crippen molar-refractivity contribution >= 4 is 23.6 Å². The van der Waals surface area contributed by atoms with Crippen LogP contribution in [0.3, 0.4) is 0 Å². The highest BCUT2D eigenvalue weighted by molar-refractivity contribution is 8.00. The van der Waals surface area contributed by atoms with Crippen LogP contribution in [-0.2, 0) is 9.53 Å². The van der Waals surface area contributed by atoms with Crippen molar-refractivity contribution in [3.8, 4) is 0 Å². The fourth-order valence-corrected chi connectivity index (χ4v) is 4.01. The van der Waals surface area contributed by atoms with Crippen LogP contribution in [0.25, 0.3) is 0 Å². The standard InChI is InChI=1S/C19H29N3O3S/c1-20-12-15-6-5-10-22(13-15)19(24)16-7-3-4-8-17(16)26-14-18(23)21-9-11-25-2/h3-4,7-8,15,20H,5-6,9-14H2,1-2H3,(H,21,23). The first-order valence-electron chi connectivity index (χ1n) is 9.07. The van der Waals surface area contributed by atoms with Crippen LogP contribution in [0.2, 0.25) is 0 Å². The summed E-state index contributed by atoms with van der Waals surface area (Å²) in [7, 11) is 3.55. The number of hydrogen-bond acceptors (Lipinski definition) is 5. The summed E-state index contributed by atoms with van der Waals surface area (Å²) in [6, 6.07) is 7.55. The van der Waals surface area contributed by atoms with Crippen LogP contribution in [0.15, 0.2) is 29.2 Å². The monoisotopic (exact) mass is 379 g/mol. The maximum Gasteiger partial charge on any atom is 0.254 e. The van der Waals surface area contributed by atoms with Gasteiger partial charge in [0.1, 0.15) is 0 Å². The minimum absolute atomic E-state index is 0.0543. The van der Waals surface area contributed by atoms with Crippen LogP contribution < -0.4 is 10.6 Å². The largest absolute Gasteiger partial charge is 0.383 e. The number of piperidine rings is 1. The molecular weight excluding hydrogens is 350 g/mol. The van der Waals surface area contributed by atoms with E-state index in [4.69, 9.17) is 4.74 Å². The Labute approximate surface area is 160 Å². The lowest BCUT2D eigenvalue weighted by Gasteiger charge is -2.33. The molecule has 1 aromatic carbocycles. The highest BCUT2D eigenvalue weighted by Gasteiger charge is 2.25. The molecule has 144 valence electrons. The number of hydrogen-bond donors (Lipinski definition) is 2. The van der Waals surface area contributed by atoms with Crippen LogP contribution in [0.1, 0.15) is 23.2 Å². The number of nitrogens with zero attached hydrogens (tertiary/aromatic N) is 1. The molecular formula is C19H29N3O3S. The van der Waals surface area contributed by atoms with Gasteiger partial charge in [0.2, 0.25) is 5.91 Å². The number of rotatable bonds is 9. The van der Waals surface area contributed by atoms with E-state index in [1.165, 1.54) is 11.8 Å². The second-order valence-corrected chi connectivity index (χ2v) is 7.46. The van der Waals surface area contributed by atoms with E-state index < -0.39 is 0 Å². The smallest absolute Gasteiger partial charge is 0.254 e. The van der Waals surface area contributed by atoms with Crippen molar-refractivity contribution in [2.75, 3.05) is 52.7 Å². The Morgan fingerprint density at radius 3 is 2.92 bits per heavy atom. The molecule has 2 rings (SSSR count). The molecule has 2 N–H and O–H groups in total. The van der Waals surface area contributed by atoms with Crippen molar-refractivity contribution in [2.45, 2.75) is 17.7 Å². The highest BCUT2D eigenvalue weighted by atomic mass is 32.2. The molecule has 1 unspecified atom stereocenters. The Hall–Kier alpha value is -1.57. The number of benzene rings is 1. The van der Waals surface area contributed by atoms with Crippen molar-refractivity contribution in [2.24, 2.45) is 5.92 Å². The molecule has 1 aliphatic heterocycles. The number of nitrogens with one attached hydrogen (secondary N) is 2. The molecule has 2 amide bonds. The summed E-state index contributed by atoms with van der Waals surface area (Å²) in [5, 5.41) is 6.00. The molecule has 0 spiro atoms. The Balaban J connectivity index is 1.96. The number of methoxy groups -OCH3 is 1. The van der Waals surface area contributed by atoms with Gasteiger partial charge in [0.15, 0.2) is 0 Å². The van der Waals surface area contributed by atoms with E-state index in [9.17, 15) is 9.59 Å². The van der Waals surface area contributed by atoms with E-state index in [0.717, 1.165) is 37.4 Å². The Bertz CT molecular complexity index is 595. The molecule has 26 heavy (non-hydrogen) atoms. The number of carbonyl (C=O) groups is 2. The van der Waals surface area contributed by atoms with Crippen molar-refractivity contribution in [3.63, 3.8) is 0 Å². The average molecular weight is 380 g/mol. The number of carbonyl (C=O) groups excluding carboxylic acids is 2. The summed E-state index contributed by atoms with van der Waals surface area (Å²) < 4.78 is 4.92. The summed E-state index contributed by atoms with van der Waals surface area (Å²) in [6.07, 6.45) is 2.19. The molecule has 6 nitrogen and oxygen atoms in total. The van der Waals surface area contributed by atoms with E-state index in [-0.39, 0.29) is 17.6 Å². The van der Waals surface area contributed by atoms with Gasteiger partial charge in [-0.15, -0.1) is 11.8 Å². The highest BCUT2D eigenvalue weighted by Crippen LogP contribution is 2.25. The van der Waals surface area contributed by atoms with Gasteiger partial charge in [-0.25, -0.2) is 0 Å². The zero-order chi connectivity index (χ0) is 18.8. The van der Waals surface area contributed by atoms with Crippen LogP contribution >= 0.6 is 11.8 Å². The first kappa shape index (κ1) is 20.7. The van der Waals surface area contributed by atoms with Crippen LogP contribution in [0.5, 0.6) is 0 Å². The normalized spacial score (nSPS) is 17.2. The fraction of sp³-hybridized carbons (Fsp3) is 0.579. The molecule has 0 radical (unpaired) electrons. The quantitative estimate of drug-likeness (QED) is 0.504. The van der Waals surface area contributed by atoms with Crippen molar-refractivity contribution in [3.05, 3.63) is 29.8 Å². The minimum Gasteiger partial charge on any atom is -0.383 e. The molecule has 1 heterocycles. The molecule has 0 bridgehead atoms. The van der Waals surface area contributed by atoms with E-state index >= 15 is 0 Å². The van der Waals surface area contributed by atoms with Crippen molar-refractivity contribution < 1.29 is 14.3 Å². The zero-order valence-corrected chi connectivity index (χ0v) is 16.4. The van der Waals surface area contributed by atoms with Crippen molar-refractivity contribution in [1.82, 2.24) is 15.5 Å². The molecule has 0 aliphatic carbocycles. The summed E-state index contributed by atoms with van der Waals surface area (Å²) in [6.45, 7) is 3.51. The Morgan fingerprint density at radius 2 is 2.15 bits per heavy atom. The predicted molar refractivity (Wildman–Crippen MR) is 105 cm³/mol. The molecule has 1 fully saturated rings. The topological polar surface area (TPSA) is 70.7 Å². The van der Waals surface area contributed by atoms with E-state index in [2.05, 4.69) is 10.6 Å². The summed E-state index contributed by atoms with van der Waals surface area (Å²) in [5.74, 6) is 0.801. The van der Waals surface area contributed by atoms with Gasteiger partial charge in [-0.1, -0.05) is 12.1 Å². The molecule has 1 atom stereocenters. The maximum absolute atomic E-state index is 13.0. The number of thioether (sulfide) groups is 1. The van der Waals surface area contributed by atoms with E-state index in [0.29, 0.717) is 24.6 Å². The first-order valence-corrected chi connectivity index (χ1v) is 10.1. The van der Waals surface area contributed by atoms with Gasteiger partial charge in [0, 0.05) is 31.6 Å². The van der Waals surface area contributed by atoms with Gasteiger partial charge >= 0.3 is 0 Å². The number of ether oxygens (including phenoxy) is 1.